The summed E-state index contributed by atoms with van der Waals surface area (Å²) < 4.78 is 6.23. The minimum absolute atomic E-state index is 0.184. The number of nitrogens with zero attached hydrogens (tertiary/aromatic N) is 1. The molecule has 0 saturated carbocycles. The summed E-state index contributed by atoms with van der Waals surface area (Å²) in [7, 11) is 0. The second-order valence-corrected chi connectivity index (χ2v) is 6.49. The molecule has 2 aromatic rings. The highest BCUT2D eigenvalue weighted by Gasteiger charge is 2.25. The van der Waals surface area contributed by atoms with Crippen LogP contribution >= 0.6 is 45.8 Å². The molecule has 1 heterocycles. The Bertz CT molecular complexity index is 831. The van der Waals surface area contributed by atoms with Crippen molar-refractivity contribution in [3.05, 3.63) is 72.9 Å². The fraction of sp³-hybridized carbons (Fsp3) is 0. The quantitative estimate of drug-likeness (QED) is 0.374. The van der Waals surface area contributed by atoms with E-state index in [1.807, 2.05) is 24.3 Å². The molecule has 0 fully saturated rings. The third-order valence-corrected chi connectivity index (χ3v) is 4.51. The van der Waals surface area contributed by atoms with E-state index in [1.54, 1.807) is 24.3 Å². The largest absolute Gasteiger partial charge is 0.402 e. The van der Waals surface area contributed by atoms with E-state index >= 15 is 0 Å². The molecule has 0 radical (unpaired) electrons. The van der Waals surface area contributed by atoms with Gasteiger partial charge in [0.05, 0.1) is 10.6 Å². The zero-order valence-corrected chi connectivity index (χ0v) is 14.7. The molecule has 0 atom stereocenters. The van der Waals surface area contributed by atoms with Gasteiger partial charge in [-0.2, -0.15) is 0 Å². The van der Waals surface area contributed by atoms with Crippen molar-refractivity contribution in [1.29, 1.82) is 0 Å². The van der Waals surface area contributed by atoms with E-state index in [1.165, 1.54) is 0 Å². The molecule has 0 N–H and O–H groups in total. The van der Waals surface area contributed by atoms with Crippen molar-refractivity contribution in [1.82, 2.24) is 0 Å². The fourth-order valence-electron chi connectivity index (χ4n) is 1.93. The minimum atomic E-state index is -0.499. The first-order valence-electron chi connectivity index (χ1n) is 6.27. The molecule has 3 rings (SSSR count). The Kier molecular flexibility index (Phi) is 4.52. The normalized spacial score (nSPS) is 15.9. The van der Waals surface area contributed by atoms with Gasteiger partial charge in [0.25, 0.3) is 0 Å². The number of rotatable bonds is 2. The summed E-state index contributed by atoms with van der Waals surface area (Å²) in [6.45, 7) is 0. The van der Waals surface area contributed by atoms with Crippen LogP contribution in [0.15, 0.2) is 53.2 Å². The zero-order chi connectivity index (χ0) is 15.7. The van der Waals surface area contributed by atoms with Gasteiger partial charge in [-0.3, -0.25) is 0 Å². The van der Waals surface area contributed by atoms with Crippen LogP contribution in [-0.2, 0) is 9.53 Å². The molecule has 0 bridgehead atoms. The molecular weight excluding hydrogens is 436 g/mol. The first kappa shape index (κ1) is 15.5. The molecule has 0 aliphatic carbocycles. The maximum atomic E-state index is 12.0. The molecule has 110 valence electrons. The van der Waals surface area contributed by atoms with Gasteiger partial charge in [-0.05, 0) is 58.5 Å². The smallest absolute Gasteiger partial charge is 0.363 e. The van der Waals surface area contributed by atoms with Gasteiger partial charge in [0, 0.05) is 8.59 Å². The molecule has 0 saturated heterocycles. The summed E-state index contributed by atoms with van der Waals surface area (Å²) >= 11 is 14.2. The summed E-state index contributed by atoms with van der Waals surface area (Å²) in [5, 5.41) is 0.892. The van der Waals surface area contributed by atoms with Crippen LogP contribution in [0.1, 0.15) is 11.1 Å². The van der Waals surface area contributed by atoms with E-state index in [2.05, 4.69) is 27.6 Å². The van der Waals surface area contributed by atoms with Crippen molar-refractivity contribution in [2.75, 3.05) is 0 Å². The van der Waals surface area contributed by atoms with Crippen LogP contribution in [0.5, 0.6) is 0 Å². The highest BCUT2D eigenvalue weighted by Crippen LogP contribution is 2.26. The van der Waals surface area contributed by atoms with Gasteiger partial charge in [-0.15, -0.1) is 0 Å². The third-order valence-electron chi connectivity index (χ3n) is 2.98. The van der Waals surface area contributed by atoms with Crippen LogP contribution in [0.25, 0.3) is 6.08 Å². The maximum Gasteiger partial charge on any atom is 0.363 e. The number of carbonyl (C=O) groups excluding carboxylic acids is 1. The molecule has 0 aromatic heterocycles. The molecule has 22 heavy (non-hydrogen) atoms. The molecular formula is C16H8Cl2INO2. The fourth-order valence-corrected chi connectivity index (χ4v) is 2.96. The third kappa shape index (κ3) is 3.19. The second kappa shape index (κ2) is 6.40. The number of hydrogen-bond donors (Lipinski definition) is 0. The number of hydrogen-bond acceptors (Lipinski definition) is 3. The lowest BCUT2D eigenvalue weighted by Gasteiger charge is -2.02. The number of cyclic esters (lactones) is 1. The number of carbonyl (C=O) groups is 1. The Balaban J connectivity index is 2.00. The molecule has 0 unspecified atom stereocenters. The summed E-state index contributed by atoms with van der Waals surface area (Å²) in [4.78, 5) is 16.2. The van der Waals surface area contributed by atoms with Crippen molar-refractivity contribution in [3.63, 3.8) is 0 Å². The van der Waals surface area contributed by atoms with E-state index < -0.39 is 5.97 Å². The van der Waals surface area contributed by atoms with E-state index in [9.17, 15) is 4.79 Å². The topological polar surface area (TPSA) is 38.7 Å². The van der Waals surface area contributed by atoms with Crippen molar-refractivity contribution in [3.8, 4) is 0 Å². The number of benzene rings is 2. The van der Waals surface area contributed by atoms with Gasteiger partial charge in [-0.1, -0.05) is 41.4 Å². The predicted octanol–water partition coefficient (Wildman–Crippen LogP) is 4.94. The van der Waals surface area contributed by atoms with Crippen molar-refractivity contribution in [2.45, 2.75) is 0 Å². The molecule has 3 nitrogen and oxygen atoms in total. The van der Waals surface area contributed by atoms with Crippen LogP contribution in [0, 0.1) is 3.57 Å². The Hall–Kier alpha value is -1.37. The first-order chi connectivity index (χ1) is 10.5. The lowest BCUT2D eigenvalue weighted by molar-refractivity contribution is -0.129. The summed E-state index contributed by atoms with van der Waals surface area (Å²) in [6, 6.07) is 12.6. The molecule has 0 spiro atoms. The minimum Gasteiger partial charge on any atom is -0.402 e. The predicted molar refractivity (Wildman–Crippen MR) is 96.2 cm³/mol. The highest BCUT2D eigenvalue weighted by molar-refractivity contribution is 14.1. The summed E-state index contributed by atoms with van der Waals surface area (Å²) in [6.07, 6.45) is 1.70. The van der Waals surface area contributed by atoms with Gasteiger partial charge in [0.2, 0.25) is 5.90 Å². The highest BCUT2D eigenvalue weighted by atomic mass is 127. The Labute approximate surface area is 150 Å². The van der Waals surface area contributed by atoms with E-state index in [-0.39, 0.29) is 11.6 Å². The lowest BCUT2D eigenvalue weighted by atomic mass is 10.2. The molecule has 6 heteroatoms. The standard InChI is InChI=1S/C16H8Cl2INO2/c17-10-5-6-11(12(18)8-10)15-20-14(16(21)22-15)7-9-3-1-2-4-13(9)19/h1-8H. The molecule has 0 amide bonds. The van der Waals surface area contributed by atoms with Crippen molar-refractivity contribution >= 4 is 63.7 Å². The maximum absolute atomic E-state index is 12.0. The molecule has 2 aromatic carbocycles. The van der Waals surface area contributed by atoms with E-state index in [0.29, 0.717) is 15.6 Å². The van der Waals surface area contributed by atoms with Crippen LogP contribution in [0.4, 0.5) is 0 Å². The molecule has 1 aliphatic heterocycles. The average Bonchev–Trinajstić information content (AvgIpc) is 2.82. The number of ether oxygens (including phenoxy) is 1. The Morgan fingerprint density at radius 3 is 2.64 bits per heavy atom. The van der Waals surface area contributed by atoms with Crippen molar-refractivity contribution < 1.29 is 9.53 Å². The first-order valence-corrected chi connectivity index (χ1v) is 8.10. The van der Waals surface area contributed by atoms with Crippen LogP contribution in [0.2, 0.25) is 10.0 Å². The number of aliphatic imine (C=N–C) groups is 1. The van der Waals surface area contributed by atoms with Gasteiger partial charge in [0.1, 0.15) is 0 Å². The number of esters is 1. The van der Waals surface area contributed by atoms with Crippen LogP contribution < -0.4 is 0 Å². The monoisotopic (exact) mass is 443 g/mol. The van der Waals surface area contributed by atoms with Crippen LogP contribution in [0.3, 0.4) is 0 Å². The average molecular weight is 444 g/mol. The SMILES string of the molecule is O=C1OC(c2ccc(Cl)cc2Cl)=NC1=Cc1ccccc1I. The van der Waals surface area contributed by atoms with Gasteiger partial charge >= 0.3 is 5.97 Å². The summed E-state index contributed by atoms with van der Waals surface area (Å²) in [5.74, 6) is -0.315. The van der Waals surface area contributed by atoms with Crippen LogP contribution in [-0.4, -0.2) is 11.9 Å². The second-order valence-electron chi connectivity index (χ2n) is 4.48. The lowest BCUT2D eigenvalue weighted by Crippen LogP contribution is -2.05. The summed E-state index contributed by atoms with van der Waals surface area (Å²) in [5.41, 5.74) is 1.68. The number of halogens is 3. The van der Waals surface area contributed by atoms with Gasteiger partial charge in [-0.25, -0.2) is 9.79 Å². The molecule has 1 aliphatic rings. The van der Waals surface area contributed by atoms with E-state index in [0.717, 1.165) is 9.13 Å². The Morgan fingerprint density at radius 2 is 1.91 bits per heavy atom. The zero-order valence-electron chi connectivity index (χ0n) is 11.0. The van der Waals surface area contributed by atoms with Gasteiger partial charge < -0.3 is 4.74 Å². The Morgan fingerprint density at radius 1 is 1.14 bits per heavy atom. The van der Waals surface area contributed by atoms with Gasteiger partial charge in [0.15, 0.2) is 5.70 Å². The van der Waals surface area contributed by atoms with Crippen molar-refractivity contribution in [2.24, 2.45) is 4.99 Å². The van der Waals surface area contributed by atoms with E-state index in [4.69, 9.17) is 27.9 Å².